The van der Waals surface area contributed by atoms with Crippen LogP contribution >= 0.6 is 11.3 Å². The Morgan fingerprint density at radius 3 is 3.00 bits per heavy atom. The molecule has 1 aromatic rings. The molecule has 1 aliphatic rings. The van der Waals surface area contributed by atoms with Crippen LogP contribution in [0, 0.1) is 0 Å². The van der Waals surface area contributed by atoms with Gasteiger partial charge in [0.15, 0.2) is 0 Å². The molecule has 0 bridgehead atoms. The van der Waals surface area contributed by atoms with Gasteiger partial charge in [-0.3, -0.25) is 0 Å². The Balaban J connectivity index is 1.94. The first-order chi connectivity index (χ1) is 6.90. The van der Waals surface area contributed by atoms with Crippen LogP contribution in [0.25, 0.3) is 0 Å². The van der Waals surface area contributed by atoms with E-state index in [0.717, 1.165) is 18.9 Å². The van der Waals surface area contributed by atoms with Crippen LogP contribution in [0.3, 0.4) is 0 Å². The second kappa shape index (κ2) is 4.89. The molecule has 1 heterocycles. The molecule has 2 nitrogen and oxygen atoms in total. The number of rotatable bonds is 4. The molecule has 0 aromatic carbocycles. The molecule has 0 spiro atoms. The van der Waals surface area contributed by atoms with E-state index >= 15 is 0 Å². The fourth-order valence-corrected chi connectivity index (χ4v) is 3.13. The second-order valence-electron chi connectivity index (χ2n) is 4.00. The van der Waals surface area contributed by atoms with Crippen molar-refractivity contribution in [3.05, 3.63) is 16.1 Å². The number of nitrogens with one attached hydrogen (secondary N) is 1. The van der Waals surface area contributed by atoms with Gasteiger partial charge >= 0.3 is 0 Å². The number of aromatic nitrogens is 1. The SMILES string of the molecule is CNCCc1cnc(C2CCCC2)s1. The molecule has 0 radical (unpaired) electrons. The lowest BCUT2D eigenvalue weighted by atomic mass is 10.1. The minimum Gasteiger partial charge on any atom is -0.319 e. The van der Waals surface area contributed by atoms with Gasteiger partial charge < -0.3 is 5.32 Å². The summed E-state index contributed by atoms with van der Waals surface area (Å²) in [5.74, 6) is 0.781. The lowest BCUT2D eigenvalue weighted by Crippen LogP contribution is -2.09. The zero-order valence-electron chi connectivity index (χ0n) is 8.75. The highest BCUT2D eigenvalue weighted by molar-refractivity contribution is 7.11. The highest BCUT2D eigenvalue weighted by atomic mass is 32.1. The molecular formula is C11H18N2S. The monoisotopic (exact) mass is 210 g/mol. The zero-order valence-corrected chi connectivity index (χ0v) is 9.57. The number of hydrogen-bond donors (Lipinski definition) is 1. The van der Waals surface area contributed by atoms with Gasteiger partial charge in [0.1, 0.15) is 0 Å². The number of nitrogens with zero attached hydrogens (tertiary/aromatic N) is 1. The first kappa shape index (κ1) is 10.1. The maximum atomic E-state index is 4.54. The van der Waals surface area contributed by atoms with Gasteiger partial charge in [-0.2, -0.15) is 0 Å². The molecule has 1 aliphatic carbocycles. The Morgan fingerprint density at radius 1 is 1.50 bits per heavy atom. The summed E-state index contributed by atoms with van der Waals surface area (Å²) in [6, 6.07) is 0. The molecule has 0 unspecified atom stereocenters. The summed E-state index contributed by atoms with van der Waals surface area (Å²) in [6.45, 7) is 1.06. The summed E-state index contributed by atoms with van der Waals surface area (Å²) in [5.41, 5.74) is 0. The molecule has 1 N–H and O–H groups in total. The van der Waals surface area contributed by atoms with E-state index in [-0.39, 0.29) is 0 Å². The predicted molar refractivity (Wildman–Crippen MR) is 61.0 cm³/mol. The van der Waals surface area contributed by atoms with Crippen LogP contribution < -0.4 is 5.32 Å². The first-order valence-electron chi connectivity index (χ1n) is 5.49. The van der Waals surface area contributed by atoms with Crippen molar-refractivity contribution >= 4 is 11.3 Å². The van der Waals surface area contributed by atoms with Crippen molar-refractivity contribution in [2.75, 3.05) is 13.6 Å². The van der Waals surface area contributed by atoms with Gasteiger partial charge in [0.05, 0.1) is 5.01 Å². The average molecular weight is 210 g/mol. The number of likely N-dealkylation sites (N-methyl/N-ethyl adjacent to an activating group) is 1. The van der Waals surface area contributed by atoms with E-state index in [2.05, 4.69) is 16.5 Å². The van der Waals surface area contributed by atoms with E-state index < -0.39 is 0 Å². The standard InChI is InChI=1S/C11H18N2S/c1-12-7-6-10-8-13-11(14-10)9-4-2-3-5-9/h8-9,12H,2-7H2,1H3. The smallest absolute Gasteiger partial charge is 0.0958 e. The van der Waals surface area contributed by atoms with E-state index in [1.807, 2.05) is 18.4 Å². The van der Waals surface area contributed by atoms with Gasteiger partial charge in [-0.15, -0.1) is 11.3 Å². The third-order valence-corrected chi connectivity index (χ3v) is 4.12. The van der Waals surface area contributed by atoms with Gasteiger partial charge in [0, 0.05) is 17.0 Å². The Hall–Kier alpha value is -0.410. The minimum atomic E-state index is 0.781. The largest absolute Gasteiger partial charge is 0.319 e. The topological polar surface area (TPSA) is 24.9 Å². The Kier molecular flexibility index (Phi) is 3.54. The molecule has 1 fully saturated rings. The van der Waals surface area contributed by atoms with Gasteiger partial charge in [-0.05, 0) is 32.9 Å². The van der Waals surface area contributed by atoms with E-state index in [0.29, 0.717) is 0 Å². The summed E-state index contributed by atoms with van der Waals surface area (Å²) in [5, 5.41) is 4.56. The number of hydrogen-bond acceptors (Lipinski definition) is 3. The summed E-state index contributed by atoms with van der Waals surface area (Å²) in [4.78, 5) is 5.97. The van der Waals surface area contributed by atoms with Gasteiger partial charge in [0.2, 0.25) is 0 Å². The maximum Gasteiger partial charge on any atom is 0.0958 e. The van der Waals surface area contributed by atoms with E-state index in [1.165, 1.54) is 35.6 Å². The van der Waals surface area contributed by atoms with Gasteiger partial charge in [0.25, 0.3) is 0 Å². The van der Waals surface area contributed by atoms with Crippen LogP contribution in [0.1, 0.15) is 41.5 Å². The fraction of sp³-hybridized carbons (Fsp3) is 0.727. The molecule has 0 amide bonds. The van der Waals surface area contributed by atoms with Crippen LogP contribution in [0.4, 0.5) is 0 Å². The molecule has 2 rings (SSSR count). The summed E-state index contributed by atoms with van der Waals surface area (Å²) in [6.07, 6.45) is 8.71. The van der Waals surface area contributed by atoms with Crippen LogP contribution in [-0.4, -0.2) is 18.6 Å². The van der Waals surface area contributed by atoms with Crippen LogP contribution in [0.2, 0.25) is 0 Å². The zero-order chi connectivity index (χ0) is 9.80. The predicted octanol–water partition coefficient (Wildman–Crippen LogP) is 2.56. The molecule has 14 heavy (non-hydrogen) atoms. The molecule has 0 atom stereocenters. The van der Waals surface area contributed by atoms with Crippen molar-refractivity contribution in [3.63, 3.8) is 0 Å². The van der Waals surface area contributed by atoms with Crippen molar-refractivity contribution in [2.24, 2.45) is 0 Å². The van der Waals surface area contributed by atoms with Crippen LogP contribution in [0.15, 0.2) is 6.20 Å². The molecule has 0 saturated heterocycles. The number of thiazole rings is 1. The minimum absolute atomic E-state index is 0.781. The van der Waals surface area contributed by atoms with Crippen molar-refractivity contribution < 1.29 is 0 Å². The summed E-state index contributed by atoms with van der Waals surface area (Å²) < 4.78 is 0. The van der Waals surface area contributed by atoms with E-state index in [9.17, 15) is 0 Å². The van der Waals surface area contributed by atoms with Crippen molar-refractivity contribution in [1.29, 1.82) is 0 Å². The average Bonchev–Trinajstić information content (AvgIpc) is 2.85. The Labute approximate surface area is 89.8 Å². The van der Waals surface area contributed by atoms with Crippen molar-refractivity contribution in [2.45, 2.75) is 38.0 Å². The Morgan fingerprint density at radius 2 is 2.29 bits per heavy atom. The third kappa shape index (κ3) is 2.34. The molecule has 0 aliphatic heterocycles. The third-order valence-electron chi connectivity index (χ3n) is 2.90. The maximum absolute atomic E-state index is 4.54. The first-order valence-corrected chi connectivity index (χ1v) is 6.31. The quantitative estimate of drug-likeness (QED) is 0.826. The molecule has 1 saturated carbocycles. The summed E-state index contributed by atoms with van der Waals surface area (Å²) in [7, 11) is 2.00. The van der Waals surface area contributed by atoms with Gasteiger partial charge in [-0.1, -0.05) is 12.8 Å². The lowest BCUT2D eigenvalue weighted by Gasteiger charge is -2.02. The molecule has 3 heteroatoms. The molecule has 78 valence electrons. The van der Waals surface area contributed by atoms with E-state index in [1.54, 1.807) is 0 Å². The van der Waals surface area contributed by atoms with Crippen LogP contribution in [-0.2, 0) is 6.42 Å². The summed E-state index contributed by atoms with van der Waals surface area (Å²) >= 11 is 1.92. The van der Waals surface area contributed by atoms with E-state index in [4.69, 9.17) is 0 Å². The van der Waals surface area contributed by atoms with Gasteiger partial charge in [-0.25, -0.2) is 4.98 Å². The molecule has 1 aromatic heterocycles. The van der Waals surface area contributed by atoms with Crippen molar-refractivity contribution in [1.82, 2.24) is 10.3 Å². The second-order valence-corrected chi connectivity index (χ2v) is 5.15. The lowest BCUT2D eigenvalue weighted by molar-refractivity contribution is 0.716. The Bertz CT molecular complexity index is 277. The highest BCUT2D eigenvalue weighted by Gasteiger charge is 2.19. The fourth-order valence-electron chi connectivity index (χ4n) is 2.05. The highest BCUT2D eigenvalue weighted by Crippen LogP contribution is 2.35. The normalized spacial score (nSPS) is 17.8. The molecular weight excluding hydrogens is 192 g/mol. The van der Waals surface area contributed by atoms with Crippen LogP contribution in [0.5, 0.6) is 0 Å². The van der Waals surface area contributed by atoms with Crippen molar-refractivity contribution in [3.8, 4) is 0 Å².